The molecule has 20 nitrogen and oxygen atoms in total. The van der Waals surface area contributed by atoms with E-state index < -0.39 is 71.3 Å². The summed E-state index contributed by atoms with van der Waals surface area (Å²) in [7, 11) is -3.44. The maximum atomic E-state index is 14.2. The molecule has 1 aliphatic rings. The summed E-state index contributed by atoms with van der Waals surface area (Å²) in [5, 5.41) is 10.5. The van der Waals surface area contributed by atoms with Crippen molar-refractivity contribution in [3.05, 3.63) is 131 Å². The fourth-order valence-corrected chi connectivity index (χ4v) is 13.7. The van der Waals surface area contributed by atoms with E-state index in [9.17, 15) is 57.6 Å². The smallest absolute Gasteiger partial charge is 0.306 e. The molecule has 0 radical (unpaired) electrons. The average molecular weight is 1590 g/mol. The monoisotopic (exact) mass is 1580 g/mol. The van der Waals surface area contributed by atoms with Crippen LogP contribution >= 0.6 is 108 Å². The molecule has 0 saturated heterocycles. The molecule has 566 valence electrons. The zero-order valence-corrected chi connectivity index (χ0v) is 67.1. The van der Waals surface area contributed by atoms with Crippen LogP contribution in [0.4, 0.5) is 0 Å². The second-order valence-corrected chi connectivity index (χ2v) is 33.0. The summed E-state index contributed by atoms with van der Waals surface area (Å²) in [4.78, 5) is 121. The number of aliphatic hydroxyl groups is 1. The van der Waals surface area contributed by atoms with Gasteiger partial charge in [-0.25, -0.2) is 0 Å². The van der Waals surface area contributed by atoms with Gasteiger partial charge in [0.15, 0.2) is 5.78 Å². The molecular weight excluding hydrogens is 1480 g/mol. The second-order valence-electron chi connectivity index (χ2n) is 25.0. The van der Waals surface area contributed by atoms with Crippen molar-refractivity contribution in [3.8, 4) is 0 Å². The lowest BCUT2D eigenvalue weighted by molar-refractivity contribution is -0.173. The van der Waals surface area contributed by atoms with Gasteiger partial charge in [-0.05, 0) is 44.7 Å². The Kier molecular flexibility index (Phi) is 45.3. The van der Waals surface area contributed by atoms with Gasteiger partial charge >= 0.3 is 47.8 Å². The average Bonchev–Trinajstić information content (AvgIpc) is 0.757. The Morgan fingerprint density at radius 1 is 0.422 bits per heavy atom. The van der Waals surface area contributed by atoms with Gasteiger partial charge in [-0.2, -0.15) is 101 Å². The van der Waals surface area contributed by atoms with Crippen LogP contribution in [0.1, 0.15) is 149 Å². The number of carbonyl (C=O) groups excluding carboxylic acids is 10. The van der Waals surface area contributed by atoms with Crippen LogP contribution in [0.15, 0.2) is 103 Å². The molecular formula is C73H101O20PS8. The van der Waals surface area contributed by atoms with Crippen molar-refractivity contribution >= 4 is 178 Å². The van der Waals surface area contributed by atoms with Crippen molar-refractivity contribution < 1.29 is 95.5 Å². The molecule has 4 unspecified atom stereocenters. The fraction of sp³-hybridized carbons (Fsp3) is 0.534. The molecule has 102 heavy (non-hydrogen) atoms. The predicted octanol–water partition coefficient (Wildman–Crippen LogP) is 11.7. The lowest BCUT2D eigenvalue weighted by Crippen LogP contribution is -2.44. The van der Waals surface area contributed by atoms with Crippen molar-refractivity contribution in [2.45, 2.75) is 159 Å². The number of rotatable bonds is 38. The minimum Gasteiger partial charge on any atom is -0.465 e. The van der Waals surface area contributed by atoms with Gasteiger partial charge < -0.3 is 47.6 Å². The Morgan fingerprint density at radius 3 is 0.931 bits per heavy atom. The minimum absolute atomic E-state index is 0.0457. The summed E-state index contributed by atoms with van der Waals surface area (Å²) in [5.74, 6) is -3.24. The number of aryl methyl sites for hydroxylation is 3. The standard InChI is InChI=1S/C22H21O2P.C21H36O8S4.C17H28O8S4.C13H16O2/c1-16-14-17(2)21(18(3)15-16)22(23)25(24,19-10-6-4-7-11-19)20-12-8-5-9-13-20;1-13(30)5-17(22)26-9-21(10-27-18(23)6-14(2)31,11-28-19(24)7-15(3)32)12-29-20(25)8-16(4)33;18-13(1-5-26)22-9-17(10-23-14(19)2-6-27,11-24-15(20)3-7-28)12-25-16(21)4-8-29;14-12(11-7-3-1-4-8-11)13(15)9-5-2-6-10-13/h4-15H,1-3H3;13-16,30-33H,5-12H2,1-4H3;26-29H,1-12H2;1,3-4,7-8,15H,2,5-6,9-10H2. The van der Waals surface area contributed by atoms with Gasteiger partial charge in [0.25, 0.3) is 0 Å². The molecule has 1 N–H and O–H groups in total. The van der Waals surface area contributed by atoms with E-state index in [2.05, 4.69) is 101 Å². The van der Waals surface area contributed by atoms with Crippen molar-refractivity contribution in [1.29, 1.82) is 0 Å². The van der Waals surface area contributed by atoms with E-state index >= 15 is 0 Å². The van der Waals surface area contributed by atoms with Gasteiger partial charge in [0.05, 0.1) is 51.4 Å². The molecule has 4 atom stereocenters. The van der Waals surface area contributed by atoms with Crippen molar-refractivity contribution in [1.82, 2.24) is 0 Å². The molecule has 29 heteroatoms. The first-order valence-corrected chi connectivity index (χ1v) is 39.6. The fourth-order valence-electron chi connectivity index (χ4n) is 9.78. The van der Waals surface area contributed by atoms with Crippen LogP contribution in [-0.2, 0) is 80.8 Å². The van der Waals surface area contributed by atoms with E-state index in [-0.39, 0.29) is 160 Å². The lowest BCUT2D eigenvalue weighted by atomic mass is 9.79. The second kappa shape index (κ2) is 49.7. The van der Waals surface area contributed by atoms with Crippen molar-refractivity contribution in [3.63, 3.8) is 0 Å². The van der Waals surface area contributed by atoms with Gasteiger partial charge in [-0.15, -0.1) is 0 Å². The molecule has 4 aromatic carbocycles. The summed E-state index contributed by atoms with van der Waals surface area (Å²) in [6.07, 6.45) is 4.71. The molecule has 4 aromatic rings. The van der Waals surface area contributed by atoms with Gasteiger partial charge in [0.1, 0.15) is 69.3 Å². The zero-order valence-electron chi connectivity index (χ0n) is 59.0. The largest absolute Gasteiger partial charge is 0.465 e. The van der Waals surface area contributed by atoms with E-state index in [1.165, 1.54) is 0 Å². The summed E-state index contributed by atoms with van der Waals surface area (Å²) >= 11 is 32.6. The third kappa shape index (κ3) is 35.8. The quantitative estimate of drug-likeness (QED) is 0.00663. The molecule has 0 amide bonds. The van der Waals surface area contributed by atoms with Crippen LogP contribution in [0.2, 0.25) is 0 Å². The Morgan fingerprint density at radius 2 is 0.676 bits per heavy atom. The van der Waals surface area contributed by atoms with Crippen molar-refractivity contribution in [2.24, 2.45) is 10.8 Å². The van der Waals surface area contributed by atoms with Crippen LogP contribution in [-0.4, -0.2) is 167 Å². The summed E-state index contributed by atoms with van der Waals surface area (Å²) < 4.78 is 56.4. The van der Waals surface area contributed by atoms with Crippen LogP contribution in [0.3, 0.4) is 0 Å². The highest BCUT2D eigenvalue weighted by Gasteiger charge is 2.42. The minimum atomic E-state index is -3.44. The molecule has 0 heterocycles. The van der Waals surface area contributed by atoms with E-state index in [1.807, 2.05) is 87.5 Å². The van der Waals surface area contributed by atoms with Gasteiger partial charge in [0.2, 0.25) is 12.7 Å². The number of hydrogen-bond acceptors (Lipinski definition) is 28. The number of benzene rings is 4. The number of ether oxygens (including phenoxy) is 8. The first-order valence-electron chi connectivity index (χ1n) is 33.3. The van der Waals surface area contributed by atoms with Crippen LogP contribution in [0.5, 0.6) is 0 Å². The molecule has 0 spiro atoms. The molecule has 1 fully saturated rings. The van der Waals surface area contributed by atoms with E-state index in [4.69, 9.17) is 37.9 Å². The number of esters is 8. The van der Waals surface area contributed by atoms with Crippen molar-refractivity contribution in [2.75, 3.05) is 75.9 Å². The summed E-state index contributed by atoms with van der Waals surface area (Å²) in [5.41, 5.74) is 0.0977. The SMILES string of the molecule is CC(S)CC(=O)OCC(COC(=O)CC(C)S)(COC(=O)CC(C)S)COC(=O)CC(C)S.Cc1cc(C)c(C(=O)P(=O)(c2ccccc2)c2ccccc2)c(C)c1.O=C(CCS)OCC(COC(=O)CCS)(COC(=O)CCS)COC(=O)CCS.O=C(c1ccccc1)C1(O)CCCCC1. The summed E-state index contributed by atoms with van der Waals surface area (Å²) in [6, 6.07) is 31.2. The van der Waals surface area contributed by atoms with E-state index in [0.717, 1.165) is 36.0 Å². The number of hydrogen-bond donors (Lipinski definition) is 9. The van der Waals surface area contributed by atoms with Gasteiger partial charge in [-0.1, -0.05) is 156 Å². The van der Waals surface area contributed by atoms with Gasteiger partial charge in [-0.3, -0.25) is 47.9 Å². The predicted molar refractivity (Wildman–Crippen MR) is 422 cm³/mol. The van der Waals surface area contributed by atoms with Gasteiger partial charge in [0, 0.05) is 65.7 Å². The molecule has 0 bridgehead atoms. The van der Waals surface area contributed by atoms with Crippen LogP contribution < -0.4 is 10.6 Å². The maximum absolute atomic E-state index is 14.2. The highest BCUT2D eigenvalue weighted by molar-refractivity contribution is 7.93. The number of carbonyl (C=O) groups is 10. The van der Waals surface area contributed by atoms with E-state index in [0.29, 0.717) is 34.6 Å². The Labute approximate surface area is 644 Å². The lowest BCUT2D eigenvalue weighted by Gasteiger charge is -2.32. The maximum Gasteiger partial charge on any atom is 0.306 e. The Bertz CT molecular complexity index is 3050. The molecule has 0 aromatic heterocycles. The van der Waals surface area contributed by atoms with Crippen LogP contribution in [0, 0.1) is 31.6 Å². The first-order chi connectivity index (χ1) is 48.2. The third-order valence-electron chi connectivity index (χ3n) is 15.0. The molecule has 0 aliphatic heterocycles. The number of ketones is 1. The Balaban J connectivity index is 0.000000474. The third-order valence-corrected chi connectivity index (χ3v) is 19.5. The summed E-state index contributed by atoms with van der Waals surface area (Å²) in [6.45, 7) is 10.4. The topological polar surface area (TPSA) is 282 Å². The van der Waals surface area contributed by atoms with E-state index in [1.54, 1.807) is 64.1 Å². The highest BCUT2D eigenvalue weighted by atomic mass is 32.1. The normalized spacial score (nSPS) is 14.1. The highest BCUT2D eigenvalue weighted by Crippen LogP contribution is 2.48. The van der Waals surface area contributed by atoms with Crippen LogP contribution in [0.25, 0.3) is 0 Å². The Hall–Kier alpha value is -5.03. The molecule has 5 rings (SSSR count). The first kappa shape index (κ1) is 93.1. The molecule has 1 saturated carbocycles. The number of Topliss-reactive ketones (excluding diaryl/α,β-unsaturated/α-hetero) is 1. The zero-order chi connectivity index (χ0) is 76.5. The molecule has 1 aliphatic carbocycles. The number of thiol groups is 8.